The minimum Gasteiger partial charge on any atom is -0.384 e. The number of hydrogen-bond donors (Lipinski definition) is 0. The van der Waals surface area contributed by atoms with Crippen LogP contribution in [0.25, 0.3) is 0 Å². The van der Waals surface area contributed by atoms with Gasteiger partial charge in [0.1, 0.15) is 0 Å². The summed E-state index contributed by atoms with van der Waals surface area (Å²) in [6, 6.07) is 0. The third-order valence-corrected chi connectivity index (χ3v) is 3.44. The second-order valence-electron chi connectivity index (χ2n) is 5.10. The van der Waals surface area contributed by atoms with Crippen LogP contribution in [-0.4, -0.2) is 44.2 Å². The molecule has 4 heteroatoms. The Morgan fingerprint density at radius 2 is 2.00 bits per heavy atom. The van der Waals surface area contributed by atoms with Crippen molar-refractivity contribution in [2.45, 2.75) is 31.6 Å². The lowest BCUT2D eigenvalue weighted by Crippen LogP contribution is -2.45. The van der Waals surface area contributed by atoms with Gasteiger partial charge in [0.05, 0.1) is 13.2 Å². The minimum atomic E-state index is -2.47. The quantitative estimate of drug-likeness (QED) is 0.718. The largest absolute Gasteiger partial charge is 0.384 e. The van der Waals surface area contributed by atoms with Gasteiger partial charge in [-0.05, 0) is 25.8 Å². The molecule has 0 spiro atoms. The summed E-state index contributed by atoms with van der Waals surface area (Å²) in [6.45, 7) is 2.27. The lowest BCUT2D eigenvalue weighted by atomic mass is 10.0. The first-order valence-electron chi connectivity index (χ1n) is 5.64. The molecule has 1 saturated carbocycles. The van der Waals surface area contributed by atoms with Crippen LogP contribution in [0.5, 0.6) is 0 Å². The van der Waals surface area contributed by atoms with Gasteiger partial charge < -0.3 is 4.74 Å². The van der Waals surface area contributed by atoms with Crippen LogP contribution in [0.1, 0.15) is 25.7 Å². The Labute approximate surface area is 89.6 Å². The summed E-state index contributed by atoms with van der Waals surface area (Å²) in [5, 5.41) is 0. The first-order valence-corrected chi connectivity index (χ1v) is 5.64. The Balaban J connectivity index is 1.84. The number of likely N-dealkylation sites (tertiary alicyclic amines) is 1. The summed E-state index contributed by atoms with van der Waals surface area (Å²) in [6.07, 6.45) is 2.93. The standard InChI is InChI=1S/C11H19F2NO/c1-15-9-10(4-5-10)7-14-6-2-3-11(12,13)8-14/h2-9H2,1H3. The van der Waals surface area contributed by atoms with E-state index in [1.165, 1.54) is 0 Å². The number of hydrogen-bond acceptors (Lipinski definition) is 2. The van der Waals surface area contributed by atoms with Crippen LogP contribution in [0.3, 0.4) is 0 Å². The molecule has 0 aromatic rings. The van der Waals surface area contributed by atoms with Crippen LogP contribution in [0.2, 0.25) is 0 Å². The van der Waals surface area contributed by atoms with Crippen LogP contribution in [0.15, 0.2) is 0 Å². The summed E-state index contributed by atoms with van der Waals surface area (Å²) >= 11 is 0. The SMILES string of the molecule is COCC1(CN2CCCC(F)(F)C2)CC1. The summed E-state index contributed by atoms with van der Waals surface area (Å²) in [5.74, 6) is -2.47. The van der Waals surface area contributed by atoms with Gasteiger partial charge in [-0.25, -0.2) is 8.78 Å². The minimum absolute atomic E-state index is 0.0563. The number of halogens is 2. The molecule has 2 rings (SSSR count). The maximum atomic E-state index is 13.2. The van der Waals surface area contributed by atoms with Gasteiger partial charge in [0.2, 0.25) is 0 Å². The normalized spacial score (nSPS) is 29.0. The second-order valence-corrected chi connectivity index (χ2v) is 5.10. The van der Waals surface area contributed by atoms with E-state index < -0.39 is 5.92 Å². The van der Waals surface area contributed by atoms with Crippen molar-refractivity contribution >= 4 is 0 Å². The highest BCUT2D eigenvalue weighted by Crippen LogP contribution is 2.47. The van der Waals surface area contributed by atoms with E-state index in [1.54, 1.807) is 7.11 Å². The Morgan fingerprint density at radius 3 is 2.53 bits per heavy atom. The zero-order valence-corrected chi connectivity index (χ0v) is 9.27. The monoisotopic (exact) mass is 219 g/mol. The molecule has 0 N–H and O–H groups in total. The van der Waals surface area contributed by atoms with Gasteiger partial charge in [-0.3, -0.25) is 4.90 Å². The van der Waals surface area contributed by atoms with Crippen molar-refractivity contribution in [2.24, 2.45) is 5.41 Å². The Bertz CT molecular complexity index is 229. The molecule has 0 amide bonds. The number of ether oxygens (including phenoxy) is 1. The maximum Gasteiger partial charge on any atom is 0.260 e. The fourth-order valence-corrected chi connectivity index (χ4v) is 2.49. The van der Waals surface area contributed by atoms with Crippen molar-refractivity contribution in [1.82, 2.24) is 4.90 Å². The smallest absolute Gasteiger partial charge is 0.260 e. The molecule has 0 aromatic carbocycles. The average molecular weight is 219 g/mol. The summed E-state index contributed by atoms with van der Waals surface area (Å²) < 4.78 is 31.5. The molecule has 2 nitrogen and oxygen atoms in total. The molecule has 0 unspecified atom stereocenters. The molecule has 15 heavy (non-hydrogen) atoms. The summed E-state index contributed by atoms with van der Waals surface area (Å²) in [5.41, 5.74) is 0.197. The summed E-state index contributed by atoms with van der Waals surface area (Å²) in [4.78, 5) is 1.91. The summed E-state index contributed by atoms with van der Waals surface area (Å²) in [7, 11) is 1.69. The molecule has 1 aliphatic carbocycles. The van der Waals surface area contributed by atoms with Crippen molar-refractivity contribution < 1.29 is 13.5 Å². The number of nitrogens with zero attached hydrogens (tertiary/aromatic N) is 1. The van der Waals surface area contributed by atoms with Gasteiger partial charge in [0.15, 0.2) is 0 Å². The highest BCUT2D eigenvalue weighted by Gasteiger charge is 2.46. The first-order chi connectivity index (χ1) is 7.05. The van der Waals surface area contributed by atoms with E-state index in [0.717, 1.165) is 32.5 Å². The first kappa shape index (κ1) is 11.3. The van der Waals surface area contributed by atoms with E-state index in [4.69, 9.17) is 4.74 Å². The third-order valence-electron chi connectivity index (χ3n) is 3.44. The van der Waals surface area contributed by atoms with E-state index in [-0.39, 0.29) is 18.4 Å². The van der Waals surface area contributed by atoms with E-state index in [2.05, 4.69) is 0 Å². The maximum absolute atomic E-state index is 13.2. The predicted molar refractivity (Wildman–Crippen MR) is 54.2 cm³/mol. The van der Waals surface area contributed by atoms with Crippen LogP contribution >= 0.6 is 0 Å². The van der Waals surface area contributed by atoms with Gasteiger partial charge in [-0.1, -0.05) is 0 Å². The fraction of sp³-hybridized carbons (Fsp3) is 1.00. The number of methoxy groups -OCH3 is 1. The van der Waals surface area contributed by atoms with Crippen molar-refractivity contribution in [3.8, 4) is 0 Å². The Morgan fingerprint density at radius 1 is 1.27 bits per heavy atom. The van der Waals surface area contributed by atoms with Gasteiger partial charge >= 0.3 is 0 Å². The number of piperidine rings is 1. The molecule has 1 heterocycles. The molecule has 0 atom stereocenters. The van der Waals surface area contributed by atoms with E-state index in [9.17, 15) is 8.78 Å². The van der Waals surface area contributed by atoms with Gasteiger partial charge in [0.25, 0.3) is 5.92 Å². The Kier molecular flexibility index (Phi) is 2.99. The van der Waals surface area contributed by atoms with E-state index >= 15 is 0 Å². The lowest BCUT2D eigenvalue weighted by molar-refractivity contribution is -0.0704. The van der Waals surface area contributed by atoms with Crippen LogP contribution < -0.4 is 0 Å². The van der Waals surface area contributed by atoms with Crippen LogP contribution in [0.4, 0.5) is 8.78 Å². The number of alkyl halides is 2. The third kappa shape index (κ3) is 2.88. The van der Waals surface area contributed by atoms with Gasteiger partial charge in [-0.15, -0.1) is 0 Å². The molecule has 1 aliphatic heterocycles. The zero-order valence-electron chi connectivity index (χ0n) is 9.27. The van der Waals surface area contributed by atoms with Crippen molar-refractivity contribution in [2.75, 3.05) is 33.4 Å². The molecule has 0 bridgehead atoms. The molecule has 2 aliphatic rings. The number of rotatable bonds is 4. The zero-order chi connectivity index (χ0) is 10.9. The highest BCUT2D eigenvalue weighted by atomic mass is 19.3. The van der Waals surface area contributed by atoms with E-state index in [1.807, 2.05) is 4.90 Å². The molecule has 2 fully saturated rings. The molecular formula is C11H19F2NO. The molecule has 88 valence electrons. The van der Waals surface area contributed by atoms with E-state index in [0.29, 0.717) is 6.42 Å². The van der Waals surface area contributed by atoms with Crippen molar-refractivity contribution in [3.63, 3.8) is 0 Å². The van der Waals surface area contributed by atoms with Crippen LogP contribution in [0, 0.1) is 5.41 Å². The molecular weight excluding hydrogens is 200 g/mol. The molecule has 0 aromatic heterocycles. The molecule has 1 saturated heterocycles. The second kappa shape index (κ2) is 3.98. The molecule has 0 radical (unpaired) electrons. The fourth-order valence-electron chi connectivity index (χ4n) is 2.49. The lowest BCUT2D eigenvalue weighted by Gasteiger charge is -2.34. The van der Waals surface area contributed by atoms with Gasteiger partial charge in [-0.2, -0.15) is 0 Å². The van der Waals surface area contributed by atoms with Crippen molar-refractivity contribution in [1.29, 1.82) is 0 Å². The van der Waals surface area contributed by atoms with Crippen molar-refractivity contribution in [3.05, 3.63) is 0 Å². The average Bonchev–Trinajstić information content (AvgIpc) is 2.83. The van der Waals surface area contributed by atoms with Crippen LogP contribution in [-0.2, 0) is 4.74 Å². The highest BCUT2D eigenvalue weighted by molar-refractivity contribution is 4.96. The van der Waals surface area contributed by atoms with Gasteiger partial charge in [0, 0.05) is 25.5 Å². The Hall–Kier alpha value is -0.220. The predicted octanol–water partition coefficient (Wildman–Crippen LogP) is 2.14. The topological polar surface area (TPSA) is 12.5 Å².